The summed E-state index contributed by atoms with van der Waals surface area (Å²) in [4.78, 5) is 0. The standard InChI is InChI=1S/C24H26NP.C5H10.Fe/c25-24(19-11-4-1-5-12-19)22-17-10-18-23(22)26(20-13-6-2-7-14-20)21-15-8-3-9-16-21;1-2-4-5-3-1;/h1-9,11-16,22-24H,10,17-18,25H2;1-5H2;/t22?,23?,24-;;/m0../s1. The zero-order chi connectivity index (χ0) is 21.3. The SMILES string of the molecule is C1CCCC1.N[C@@H](c1ccccc1)C1CCCC1P(c1ccccc1)c1ccccc1.[Fe]. The van der Waals surface area contributed by atoms with Crippen LogP contribution in [0.4, 0.5) is 0 Å². The Morgan fingerprint density at radius 1 is 0.594 bits per heavy atom. The minimum Gasteiger partial charge on any atom is -0.324 e. The molecule has 0 bridgehead atoms. The van der Waals surface area contributed by atoms with Gasteiger partial charge in [-0.05, 0) is 48.5 Å². The Balaban J connectivity index is 0.000000427. The number of hydrogen-bond acceptors (Lipinski definition) is 1. The maximum absolute atomic E-state index is 6.80. The van der Waals surface area contributed by atoms with E-state index in [-0.39, 0.29) is 23.1 Å². The molecule has 2 N–H and O–H groups in total. The molecule has 1 nitrogen and oxygen atoms in total. The smallest absolute Gasteiger partial charge is 0.0329 e. The van der Waals surface area contributed by atoms with Crippen molar-refractivity contribution in [2.24, 2.45) is 11.7 Å². The van der Waals surface area contributed by atoms with Crippen LogP contribution < -0.4 is 16.3 Å². The number of nitrogens with two attached hydrogens (primary N) is 1. The van der Waals surface area contributed by atoms with Crippen molar-refractivity contribution < 1.29 is 17.1 Å². The maximum Gasteiger partial charge on any atom is 0.0329 e. The molecule has 0 heterocycles. The fourth-order valence-corrected chi connectivity index (χ4v) is 8.43. The second-order valence-electron chi connectivity index (χ2n) is 8.91. The molecule has 3 heteroatoms. The van der Waals surface area contributed by atoms with Gasteiger partial charge in [0.05, 0.1) is 0 Å². The van der Waals surface area contributed by atoms with E-state index in [1.807, 2.05) is 0 Å². The summed E-state index contributed by atoms with van der Waals surface area (Å²) >= 11 is 0. The molecule has 0 spiro atoms. The van der Waals surface area contributed by atoms with Gasteiger partial charge >= 0.3 is 0 Å². The topological polar surface area (TPSA) is 26.0 Å². The summed E-state index contributed by atoms with van der Waals surface area (Å²) in [5.41, 5.74) is 8.72. The van der Waals surface area contributed by atoms with Crippen LogP contribution in [0.1, 0.15) is 63.0 Å². The van der Waals surface area contributed by atoms with Crippen molar-refractivity contribution in [2.45, 2.75) is 63.1 Å². The van der Waals surface area contributed by atoms with Crippen LogP contribution in [-0.2, 0) is 17.1 Å². The van der Waals surface area contributed by atoms with Crippen molar-refractivity contribution in [3.63, 3.8) is 0 Å². The zero-order valence-electron chi connectivity index (χ0n) is 18.9. The summed E-state index contributed by atoms with van der Waals surface area (Å²) in [6.45, 7) is 0. The van der Waals surface area contributed by atoms with Crippen molar-refractivity contribution in [1.29, 1.82) is 0 Å². The molecule has 32 heavy (non-hydrogen) atoms. The summed E-state index contributed by atoms with van der Waals surface area (Å²) in [7, 11) is -0.394. The van der Waals surface area contributed by atoms with Gasteiger partial charge in [0.15, 0.2) is 0 Å². The van der Waals surface area contributed by atoms with Gasteiger partial charge in [0.2, 0.25) is 0 Å². The van der Waals surface area contributed by atoms with Crippen LogP contribution >= 0.6 is 7.92 Å². The van der Waals surface area contributed by atoms with E-state index in [4.69, 9.17) is 5.73 Å². The van der Waals surface area contributed by atoms with Crippen LogP contribution in [-0.4, -0.2) is 5.66 Å². The van der Waals surface area contributed by atoms with E-state index in [9.17, 15) is 0 Å². The molecule has 3 atom stereocenters. The van der Waals surface area contributed by atoms with Gasteiger partial charge in [0.1, 0.15) is 0 Å². The van der Waals surface area contributed by atoms with Crippen LogP contribution in [0, 0.1) is 5.92 Å². The summed E-state index contributed by atoms with van der Waals surface area (Å²) < 4.78 is 0. The van der Waals surface area contributed by atoms with Crippen LogP contribution in [0.5, 0.6) is 0 Å². The van der Waals surface area contributed by atoms with E-state index in [1.54, 1.807) is 0 Å². The third kappa shape index (κ3) is 6.55. The Bertz CT molecular complexity index is 836. The second kappa shape index (κ2) is 13.3. The normalized spacial score (nSPS) is 20.8. The summed E-state index contributed by atoms with van der Waals surface area (Å²) in [6.07, 6.45) is 11.3. The van der Waals surface area contributed by atoms with Crippen molar-refractivity contribution in [1.82, 2.24) is 0 Å². The Morgan fingerprint density at radius 3 is 1.50 bits per heavy atom. The van der Waals surface area contributed by atoms with Crippen LogP contribution in [0.15, 0.2) is 91.0 Å². The molecule has 2 fully saturated rings. The van der Waals surface area contributed by atoms with Gasteiger partial charge < -0.3 is 5.73 Å². The monoisotopic (exact) mass is 485 g/mol. The fraction of sp³-hybridized carbons (Fsp3) is 0.379. The Kier molecular flexibility index (Phi) is 10.5. The third-order valence-corrected chi connectivity index (χ3v) is 9.84. The number of hydrogen-bond donors (Lipinski definition) is 1. The van der Waals surface area contributed by atoms with Crippen LogP contribution in [0.2, 0.25) is 0 Å². The van der Waals surface area contributed by atoms with Gasteiger partial charge in [-0.25, -0.2) is 0 Å². The first kappa shape index (κ1) is 25.2. The van der Waals surface area contributed by atoms with Crippen molar-refractivity contribution in [3.05, 3.63) is 96.6 Å². The van der Waals surface area contributed by atoms with Crippen molar-refractivity contribution >= 4 is 18.5 Å². The minimum atomic E-state index is -0.394. The van der Waals surface area contributed by atoms with Gasteiger partial charge in [0.25, 0.3) is 0 Å². The number of rotatable bonds is 5. The van der Waals surface area contributed by atoms with Gasteiger partial charge in [-0.2, -0.15) is 0 Å². The molecule has 0 amide bonds. The average molecular weight is 485 g/mol. The van der Waals surface area contributed by atoms with Crippen molar-refractivity contribution in [2.75, 3.05) is 0 Å². The molecule has 0 saturated heterocycles. The van der Waals surface area contributed by atoms with Crippen molar-refractivity contribution in [3.8, 4) is 0 Å². The Hall–Kier alpha value is -1.43. The Labute approximate surface area is 206 Å². The molecule has 0 aliphatic heterocycles. The summed E-state index contributed by atoms with van der Waals surface area (Å²) in [5.74, 6) is 0.545. The Morgan fingerprint density at radius 2 is 1.03 bits per heavy atom. The largest absolute Gasteiger partial charge is 0.324 e. The predicted octanol–water partition coefficient (Wildman–Crippen LogP) is 6.94. The van der Waals surface area contributed by atoms with E-state index in [0.717, 1.165) is 0 Å². The van der Waals surface area contributed by atoms with Gasteiger partial charge in [0, 0.05) is 23.1 Å². The molecule has 2 aliphatic rings. The molecular formula is C29H36FeNP. The van der Waals surface area contributed by atoms with Gasteiger partial charge in [-0.15, -0.1) is 0 Å². The van der Waals surface area contributed by atoms with E-state index < -0.39 is 7.92 Å². The van der Waals surface area contributed by atoms with Gasteiger partial charge in [-0.1, -0.05) is 130 Å². The quantitative estimate of drug-likeness (QED) is 0.308. The van der Waals surface area contributed by atoms with E-state index >= 15 is 0 Å². The first-order valence-electron chi connectivity index (χ1n) is 12.0. The zero-order valence-corrected chi connectivity index (χ0v) is 20.9. The maximum atomic E-state index is 6.80. The summed E-state index contributed by atoms with van der Waals surface area (Å²) in [5, 5.41) is 2.96. The average Bonchev–Trinajstić information content (AvgIpc) is 3.57. The third-order valence-electron chi connectivity index (χ3n) is 6.83. The van der Waals surface area contributed by atoms with E-state index in [2.05, 4.69) is 91.0 Å². The molecule has 3 aromatic rings. The first-order valence-corrected chi connectivity index (χ1v) is 13.5. The van der Waals surface area contributed by atoms with Crippen LogP contribution in [0.3, 0.4) is 0 Å². The fourth-order valence-electron chi connectivity index (χ4n) is 5.22. The van der Waals surface area contributed by atoms with Gasteiger partial charge in [-0.3, -0.25) is 0 Å². The molecule has 0 aromatic heterocycles. The minimum absolute atomic E-state index is 0. The molecule has 5 rings (SSSR count). The molecule has 0 radical (unpaired) electrons. The number of benzene rings is 3. The first-order chi connectivity index (χ1) is 15.3. The molecule has 2 aliphatic carbocycles. The van der Waals surface area contributed by atoms with Crippen LogP contribution in [0.25, 0.3) is 0 Å². The second-order valence-corrected chi connectivity index (χ2v) is 11.3. The van der Waals surface area contributed by atoms with E-state index in [0.29, 0.717) is 11.6 Å². The molecule has 2 unspecified atom stereocenters. The molecule has 3 aromatic carbocycles. The summed E-state index contributed by atoms with van der Waals surface area (Å²) in [6, 6.07) is 33.0. The molecule has 170 valence electrons. The van der Waals surface area contributed by atoms with E-state index in [1.165, 1.54) is 67.5 Å². The predicted molar refractivity (Wildman–Crippen MR) is 137 cm³/mol. The molecular weight excluding hydrogens is 449 g/mol. The molecule has 2 saturated carbocycles.